The van der Waals surface area contributed by atoms with E-state index in [1.54, 1.807) is 0 Å². The third kappa shape index (κ3) is 2.98. The zero-order valence-corrected chi connectivity index (χ0v) is 10.2. The second-order valence-electron chi connectivity index (χ2n) is 3.59. The van der Waals surface area contributed by atoms with Gasteiger partial charge in [0.2, 0.25) is 0 Å². The van der Waals surface area contributed by atoms with Crippen LogP contribution in [0.1, 0.15) is 5.56 Å². The molecule has 0 fully saturated rings. The first-order chi connectivity index (χ1) is 8.66. The Morgan fingerprint density at radius 2 is 1.89 bits per heavy atom. The van der Waals surface area contributed by atoms with Crippen molar-refractivity contribution in [3.63, 3.8) is 0 Å². The summed E-state index contributed by atoms with van der Waals surface area (Å²) in [5.74, 6) is 0.353. The molecule has 18 heavy (non-hydrogen) atoms. The Labute approximate surface area is 106 Å². The highest BCUT2D eigenvalue weighted by molar-refractivity contribution is 7.84. The van der Waals surface area contributed by atoms with E-state index in [4.69, 9.17) is 0 Å². The normalized spacial score (nSPS) is 12.0. The fraction of sp³-hybridized carbons (Fsp3) is 0.0833. The molecule has 0 spiro atoms. The molecular weight excluding hydrogens is 252 g/mol. The molecule has 5 nitrogen and oxygen atoms in total. The van der Waals surface area contributed by atoms with Gasteiger partial charge in [0.25, 0.3) is 5.69 Å². The number of hydrogen-bond acceptors (Lipinski definition) is 4. The molecule has 0 aliphatic heterocycles. The summed E-state index contributed by atoms with van der Waals surface area (Å²) in [4.78, 5) is 13.8. The summed E-state index contributed by atoms with van der Waals surface area (Å²) in [7, 11) is -1.29. The summed E-state index contributed by atoms with van der Waals surface area (Å²) in [6.07, 6.45) is 1.12. The molecule has 0 bridgehead atoms. The first-order valence-electron chi connectivity index (χ1n) is 5.19. The van der Waals surface area contributed by atoms with Crippen LogP contribution in [0.3, 0.4) is 0 Å². The third-order valence-electron chi connectivity index (χ3n) is 2.31. The lowest BCUT2D eigenvalue weighted by Gasteiger charge is -2.01. The van der Waals surface area contributed by atoms with Gasteiger partial charge in [-0.05, 0) is 11.6 Å². The van der Waals surface area contributed by atoms with E-state index in [1.807, 2.05) is 30.3 Å². The minimum absolute atomic E-state index is 0.101. The maximum absolute atomic E-state index is 12.0. The van der Waals surface area contributed by atoms with Crippen LogP contribution in [0.25, 0.3) is 0 Å². The lowest BCUT2D eigenvalue weighted by atomic mass is 10.2. The molecule has 0 radical (unpaired) electrons. The van der Waals surface area contributed by atoms with Crippen LogP contribution in [-0.4, -0.2) is 14.1 Å². The van der Waals surface area contributed by atoms with Gasteiger partial charge in [0.05, 0.1) is 21.5 Å². The lowest BCUT2D eigenvalue weighted by Crippen LogP contribution is -1.99. The van der Waals surface area contributed by atoms with Crippen LogP contribution < -0.4 is 0 Å². The molecule has 1 unspecified atom stereocenters. The minimum atomic E-state index is -1.29. The Morgan fingerprint density at radius 3 is 2.44 bits per heavy atom. The summed E-state index contributed by atoms with van der Waals surface area (Å²) < 4.78 is 12.0. The van der Waals surface area contributed by atoms with Gasteiger partial charge in [-0.1, -0.05) is 30.3 Å². The van der Waals surface area contributed by atoms with Crippen molar-refractivity contribution in [2.75, 3.05) is 0 Å². The maximum Gasteiger partial charge on any atom is 0.287 e. The number of rotatable bonds is 4. The lowest BCUT2D eigenvalue weighted by molar-refractivity contribution is -0.385. The van der Waals surface area contributed by atoms with Crippen LogP contribution >= 0.6 is 0 Å². The van der Waals surface area contributed by atoms with Gasteiger partial charge >= 0.3 is 0 Å². The monoisotopic (exact) mass is 262 g/mol. The van der Waals surface area contributed by atoms with Gasteiger partial charge in [-0.25, -0.2) is 4.98 Å². The molecule has 1 atom stereocenters. The van der Waals surface area contributed by atoms with E-state index in [1.165, 1.54) is 12.1 Å². The molecule has 0 aliphatic carbocycles. The maximum atomic E-state index is 12.0. The van der Waals surface area contributed by atoms with E-state index < -0.39 is 15.7 Å². The molecule has 6 heteroatoms. The molecule has 1 aromatic carbocycles. The predicted octanol–water partition coefficient (Wildman–Crippen LogP) is 2.30. The summed E-state index contributed by atoms with van der Waals surface area (Å²) in [5, 5.41) is 10.8. The van der Waals surface area contributed by atoms with Gasteiger partial charge in [-0.15, -0.1) is 0 Å². The summed E-state index contributed by atoms with van der Waals surface area (Å²) in [6, 6.07) is 12.1. The van der Waals surface area contributed by atoms with Crippen molar-refractivity contribution in [3.05, 3.63) is 64.3 Å². The van der Waals surface area contributed by atoms with Crippen LogP contribution in [0.5, 0.6) is 0 Å². The van der Waals surface area contributed by atoms with E-state index >= 15 is 0 Å². The summed E-state index contributed by atoms with van der Waals surface area (Å²) in [5.41, 5.74) is 0.839. The third-order valence-corrected chi connectivity index (χ3v) is 3.61. The number of aromatic nitrogens is 1. The number of pyridine rings is 1. The highest BCUT2D eigenvalue weighted by atomic mass is 32.2. The van der Waals surface area contributed by atoms with Gasteiger partial charge in [-0.2, -0.15) is 0 Å². The average molecular weight is 262 g/mol. The van der Waals surface area contributed by atoms with E-state index in [-0.39, 0.29) is 5.69 Å². The fourth-order valence-electron chi connectivity index (χ4n) is 1.41. The Bertz CT molecular complexity index is 570. The van der Waals surface area contributed by atoms with Crippen molar-refractivity contribution in [2.24, 2.45) is 0 Å². The van der Waals surface area contributed by atoms with Crippen molar-refractivity contribution in [3.8, 4) is 0 Å². The molecule has 0 saturated heterocycles. The van der Waals surface area contributed by atoms with E-state index in [2.05, 4.69) is 4.98 Å². The zero-order valence-electron chi connectivity index (χ0n) is 9.35. The Morgan fingerprint density at radius 1 is 1.17 bits per heavy atom. The van der Waals surface area contributed by atoms with Crippen LogP contribution in [0.4, 0.5) is 5.69 Å². The first kappa shape index (κ1) is 12.4. The predicted molar refractivity (Wildman–Crippen MR) is 67.4 cm³/mol. The zero-order chi connectivity index (χ0) is 13.0. The molecule has 0 saturated carbocycles. The molecular formula is C12H10N2O3S. The van der Waals surface area contributed by atoms with Crippen molar-refractivity contribution >= 4 is 16.5 Å². The van der Waals surface area contributed by atoms with Crippen molar-refractivity contribution < 1.29 is 9.13 Å². The summed E-state index contributed by atoms with van der Waals surface area (Å²) >= 11 is 0. The molecule has 1 aromatic heterocycles. The van der Waals surface area contributed by atoms with E-state index in [0.29, 0.717) is 10.8 Å². The molecule has 0 N–H and O–H groups in total. The van der Waals surface area contributed by atoms with Gasteiger partial charge < -0.3 is 0 Å². The fourth-order valence-corrected chi connectivity index (χ4v) is 2.45. The van der Waals surface area contributed by atoms with E-state index in [0.717, 1.165) is 11.8 Å². The average Bonchev–Trinajstić information content (AvgIpc) is 2.40. The Hall–Kier alpha value is -2.08. The Balaban J connectivity index is 2.12. The molecule has 2 aromatic rings. The van der Waals surface area contributed by atoms with Crippen molar-refractivity contribution in [1.82, 2.24) is 4.98 Å². The van der Waals surface area contributed by atoms with Crippen molar-refractivity contribution in [1.29, 1.82) is 0 Å². The number of nitro groups is 1. The largest absolute Gasteiger partial charge is 0.287 e. The van der Waals surface area contributed by atoms with Crippen molar-refractivity contribution in [2.45, 2.75) is 10.8 Å². The molecule has 2 rings (SSSR count). The van der Waals surface area contributed by atoms with Gasteiger partial charge in [0.15, 0.2) is 0 Å². The molecule has 92 valence electrons. The number of nitrogens with zero attached hydrogens (tertiary/aromatic N) is 2. The van der Waals surface area contributed by atoms with Crippen LogP contribution in [0, 0.1) is 10.1 Å². The molecule has 1 heterocycles. The molecule has 0 amide bonds. The minimum Gasteiger partial charge on any atom is -0.258 e. The second kappa shape index (κ2) is 5.50. The Kier molecular flexibility index (Phi) is 3.78. The summed E-state index contributed by atoms with van der Waals surface area (Å²) in [6.45, 7) is 0. The van der Waals surface area contributed by atoms with Crippen LogP contribution in [-0.2, 0) is 16.6 Å². The van der Waals surface area contributed by atoms with Crippen LogP contribution in [0.15, 0.2) is 53.7 Å². The van der Waals surface area contributed by atoms with Gasteiger partial charge in [0.1, 0.15) is 11.2 Å². The standard InChI is InChI=1S/C12H10N2O3S/c15-14(16)11-6-7-12(13-8-11)18(17)9-10-4-2-1-3-5-10/h1-8H,9H2. The van der Waals surface area contributed by atoms with Crippen LogP contribution in [0.2, 0.25) is 0 Å². The van der Waals surface area contributed by atoms with Gasteiger partial charge in [0, 0.05) is 6.07 Å². The van der Waals surface area contributed by atoms with E-state index in [9.17, 15) is 14.3 Å². The SMILES string of the molecule is O=[N+]([O-])c1ccc(S(=O)Cc2ccccc2)nc1. The number of benzene rings is 1. The van der Waals surface area contributed by atoms with Gasteiger partial charge in [-0.3, -0.25) is 14.3 Å². The topological polar surface area (TPSA) is 73.1 Å². The highest BCUT2D eigenvalue weighted by Gasteiger charge is 2.10. The quantitative estimate of drug-likeness (QED) is 0.626. The number of hydrogen-bond donors (Lipinski definition) is 0. The second-order valence-corrected chi connectivity index (χ2v) is 4.99. The molecule has 0 aliphatic rings. The highest BCUT2D eigenvalue weighted by Crippen LogP contribution is 2.14. The first-order valence-corrected chi connectivity index (χ1v) is 6.51. The smallest absolute Gasteiger partial charge is 0.258 e.